The van der Waals surface area contributed by atoms with E-state index in [-0.39, 0.29) is 21.4 Å². The number of fused-ring (bicyclic) bond motifs is 1. The molecule has 2 rings (SSSR count). The van der Waals surface area contributed by atoms with Crippen LogP contribution >= 0.6 is 15.9 Å². The largest absolute Gasteiger partial charge is 0.294 e. The van der Waals surface area contributed by atoms with Gasteiger partial charge in [0, 0.05) is 12.0 Å². The number of Topliss-reactive ketones (excluding diaryl/α,β-unsaturated/α-hetero) is 1. The fraction of sp³-hybridized carbons (Fsp3) is 0.300. The smallest absolute Gasteiger partial charge is 0.166 e. The van der Waals surface area contributed by atoms with Crippen molar-refractivity contribution >= 4 is 21.7 Å². The molecule has 1 aromatic rings. The highest BCUT2D eigenvalue weighted by atomic mass is 79.9. The van der Waals surface area contributed by atoms with Gasteiger partial charge in [-0.25, -0.2) is 8.78 Å². The van der Waals surface area contributed by atoms with Crippen molar-refractivity contribution in [2.45, 2.75) is 19.3 Å². The molecule has 1 aromatic carbocycles. The molecule has 14 heavy (non-hydrogen) atoms. The first kappa shape index (κ1) is 9.77. The third kappa shape index (κ3) is 1.38. The lowest BCUT2D eigenvalue weighted by atomic mass is 9.90. The van der Waals surface area contributed by atoms with Crippen LogP contribution in [0.2, 0.25) is 0 Å². The van der Waals surface area contributed by atoms with E-state index in [1.165, 1.54) is 0 Å². The lowest BCUT2D eigenvalue weighted by molar-refractivity contribution is 0.0967. The Labute approximate surface area is 88.2 Å². The van der Waals surface area contributed by atoms with Gasteiger partial charge in [-0.15, -0.1) is 0 Å². The Bertz CT molecular complexity index is 415. The number of hydrogen-bond acceptors (Lipinski definition) is 1. The molecule has 0 amide bonds. The number of halogens is 3. The van der Waals surface area contributed by atoms with Crippen molar-refractivity contribution in [1.29, 1.82) is 0 Å². The lowest BCUT2D eigenvalue weighted by Crippen LogP contribution is -2.15. The minimum Gasteiger partial charge on any atom is -0.294 e. The number of rotatable bonds is 0. The monoisotopic (exact) mass is 260 g/mol. The fourth-order valence-electron chi connectivity index (χ4n) is 1.72. The van der Waals surface area contributed by atoms with Crippen LogP contribution in [0, 0.1) is 11.6 Å². The molecule has 4 heteroatoms. The average molecular weight is 261 g/mol. The van der Waals surface area contributed by atoms with Crippen molar-refractivity contribution in [2.75, 3.05) is 0 Å². The molecule has 0 aliphatic heterocycles. The second-order valence-electron chi connectivity index (χ2n) is 3.28. The summed E-state index contributed by atoms with van der Waals surface area (Å²) in [4.78, 5) is 11.4. The van der Waals surface area contributed by atoms with Crippen LogP contribution < -0.4 is 0 Å². The number of benzene rings is 1. The molecule has 0 saturated heterocycles. The van der Waals surface area contributed by atoms with Crippen LogP contribution in [-0.4, -0.2) is 5.78 Å². The number of ketones is 1. The van der Waals surface area contributed by atoms with Gasteiger partial charge >= 0.3 is 0 Å². The normalized spacial score (nSPS) is 15.5. The maximum absolute atomic E-state index is 13.5. The van der Waals surface area contributed by atoms with Gasteiger partial charge in [0.25, 0.3) is 0 Å². The highest BCUT2D eigenvalue weighted by Crippen LogP contribution is 2.30. The van der Waals surface area contributed by atoms with Crippen molar-refractivity contribution in [1.82, 2.24) is 0 Å². The lowest BCUT2D eigenvalue weighted by Gasteiger charge is -2.16. The van der Waals surface area contributed by atoms with Crippen molar-refractivity contribution in [3.63, 3.8) is 0 Å². The molecule has 74 valence electrons. The summed E-state index contributed by atoms with van der Waals surface area (Å²) in [5.74, 6) is -1.43. The summed E-state index contributed by atoms with van der Waals surface area (Å²) in [6.07, 6.45) is 1.35. The molecule has 0 aromatic heterocycles. The number of carbonyl (C=O) groups is 1. The molecule has 1 aliphatic rings. The van der Waals surface area contributed by atoms with Gasteiger partial charge in [-0.05, 0) is 34.8 Å². The van der Waals surface area contributed by atoms with E-state index >= 15 is 0 Å². The van der Waals surface area contributed by atoms with Crippen LogP contribution in [-0.2, 0) is 6.42 Å². The van der Waals surface area contributed by atoms with E-state index in [4.69, 9.17) is 0 Å². The van der Waals surface area contributed by atoms with Gasteiger partial charge in [-0.2, -0.15) is 0 Å². The average Bonchev–Trinajstić information content (AvgIpc) is 2.14. The van der Waals surface area contributed by atoms with Gasteiger partial charge < -0.3 is 0 Å². The van der Waals surface area contributed by atoms with Crippen LogP contribution in [0.3, 0.4) is 0 Å². The van der Waals surface area contributed by atoms with E-state index in [9.17, 15) is 13.6 Å². The molecule has 0 unspecified atom stereocenters. The topological polar surface area (TPSA) is 17.1 Å². The minimum atomic E-state index is -0.633. The van der Waals surface area contributed by atoms with E-state index in [0.29, 0.717) is 19.3 Å². The van der Waals surface area contributed by atoms with E-state index in [1.807, 2.05) is 0 Å². The van der Waals surface area contributed by atoms with Gasteiger partial charge in [-0.3, -0.25) is 4.79 Å². The molecule has 1 aliphatic carbocycles. The molecular formula is C10H7BrF2O. The van der Waals surface area contributed by atoms with Crippen molar-refractivity contribution < 1.29 is 13.6 Å². The first-order valence-electron chi connectivity index (χ1n) is 4.31. The number of carbonyl (C=O) groups excluding carboxylic acids is 1. The minimum absolute atomic E-state index is 0.0176. The molecule has 1 nitrogen and oxygen atoms in total. The summed E-state index contributed by atoms with van der Waals surface area (Å²) in [7, 11) is 0. The summed E-state index contributed by atoms with van der Waals surface area (Å²) >= 11 is 2.89. The third-order valence-electron chi connectivity index (χ3n) is 2.38. The van der Waals surface area contributed by atoms with Crippen molar-refractivity contribution in [3.05, 3.63) is 33.3 Å². The molecule has 0 N–H and O–H groups in total. The Hall–Kier alpha value is -0.770. The molecule has 0 bridgehead atoms. The third-order valence-corrected chi connectivity index (χ3v) is 2.96. The highest BCUT2D eigenvalue weighted by molar-refractivity contribution is 9.10. The Morgan fingerprint density at radius 3 is 2.71 bits per heavy atom. The second-order valence-corrected chi connectivity index (χ2v) is 4.14. The van der Waals surface area contributed by atoms with Gasteiger partial charge in [0.1, 0.15) is 11.6 Å². The zero-order chi connectivity index (χ0) is 10.3. The van der Waals surface area contributed by atoms with Crippen LogP contribution in [0.1, 0.15) is 28.8 Å². The van der Waals surface area contributed by atoms with Crippen molar-refractivity contribution in [2.24, 2.45) is 0 Å². The standard InChI is InChI=1S/C10H7BrF2O/c11-6-4-7(12)5-2-1-3-8(14)9(5)10(6)13/h4H,1-3H2. The fourth-order valence-corrected chi connectivity index (χ4v) is 2.12. The second kappa shape index (κ2) is 3.42. The zero-order valence-electron chi connectivity index (χ0n) is 7.24. The molecule has 0 fully saturated rings. The molecule has 0 atom stereocenters. The summed E-state index contributed by atoms with van der Waals surface area (Å²) in [5.41, 5.74) is 0.157. The van der Waals surface area contributed by atoms with Crippen LogP contribution in [0.25, 0.3) is 0 Å². The molecule has 0 spiro atoms. The maximum Gasteiger partial charge on any atom is 0.166 e. The van der Waals surface area contributed by atoms with E-state index < -0.39 is 11.6 Å². The van der Waals surface area contributed by atoms with Gasteiger partial charge in [0.15, 0.2) is 5.78 Å². The van der Waals surface area contributed by atoms with Crippen molar-refractivity contribution in [3.8, 4) is 0 Å². The maximum atomic E-state index is 13.5. The molecule has 0 saturated carbocycles. The summed E-state index contributed by atoms with van der Waals surface area (Å²) in [6.45, 7) is 0. The summed E-state index contributed by atoms with van der Waals surface area (Å²) < 4.78 is 26.8. The van der Waals surface area contributed by atoms with Crippen LogP contribution in [0.5, 0.6) is 0 Å². The molecule has 0 heterocycles. The van der Waals surface area contributed by atoms with Crippen LogP contribution in [0.15, 0.2) is 10.5 Å². The van der Waals surface area contributed by atoms with Gasteiger partial charge in [-0.1, -0.05) is 0 Å². The highest BCUT2D eigenvalue weighted by Gasteiger charge is 2.25. The first-order chi connectivity index (χ1) is 6.61. The van der Waals surface area contributed by atoms with Crippen LogP contribution in [0.4, 0.5) is 8.78 Å². The predicted octanol–water partition coefficient (Wildman–Crippen LogP) is 3.25. The molecule has 0 radical (unpaired) electrons. The van der Waals surface area contributed by atoms with E-state index in [1.54, 1.807) is 0 Å². The molecular weight excluding hydrogens is 254 g/mol. The first-order valence-corrected chi connectivity index (χ1v) is 5.10. The van der Waals surface area contributed by atoms with E-state index in [0.717, 1.165) is 6.07 Å². The Balaban J connectivity index is 2.73. The quantitative estimate of drug-likeness (QED) is 0.655. The SMILES string of the molecule is O=C1CCCc2c(F)cc(Br)c(F)c21. The Morgan fingerprint density at radius 1 is 1.29 bits per heavy atom. The van der Waals surface area contributed by atoms with Gasteiger partial charge in [0.05, 0.1) is 10.0 Å². The Morgan fingerprint density at radius 2 is 2.00 bits per heavy atom. The van der Waals surface area contributed by atoms with E-state index in [2.05, 4.69) is 15.9 Å². The predicted molar refractivity (Wildman–Crippen MR) is 51.3 cm³/mol. The Kier molecular flexibility index (Phi) is 2.39. The summed E-state index contributed by atoms with van der Waals surface area (Å²) in [5, 5.41) is 0. The number of hydrogen-bond donors (Lipinski definition) is 0. The summed E-state index contributed by atoms with van der Waals surface area (Å²) in [6, 6.07) is 1.08. The van der Waals surface area contributed by atoms with Gasteiger partial charge in [0.2, 0.25) is 0 Å². The zero-order valence-corrected chi connectivity index (χ0v) is 8.83.